The zero-order valence-electron chi connectivity index (χ0n) is 8.59. The molecule has 2 aromatic heterocycles. The minimum atomic E-state index is 0.271. The number of rotatable bonds is 3. The number of hydrogen-bond donors (Lipinski definition) is 0. The van der Waals surface area contributed by atoms with Gasteiger partial charge in [-0.3, -0.25) is 4.79 Å². The molecular weight excluding hydrogens is 228 g/mol. The first-order valence-electron chi connectivity index (χ1n) is 4.78. The van der Waals surface area contributed by atoms with Crippen LogP contribution in [0.1, 0.15) is 23.0 Å². The number of aryl methyl sites for hydroxylation is 1. The SMILES string of the molecule is CCc1nn(-c2cccnn2)c(Cl)c1C=O. The zero-order valence-corrected chi connectivity index (χ0v) is 9.35. The van der Waals surface area contributed by atoms with Crippen molar-refractivity contribution in [3.05, 3.63) is 34.7 Å². The van der Waals surface area contributed by atoms with Crippen LogP contribution in [0.15, 0.2) is 18.3 Å². The van der Waals surface area contributed by atoms with Gasteiger partial charge in [0.05, 0.1) is 11.3 Å². The molecule has 16 heavy (non-hydrogen) atoms. The Labute approximate surface area is 97.1 Å². The Hall–Kier alpha value is -1.75. The van der Waals surface area contributed by atoms with E-state index in [2.05, 4.69) is 15.3 Å². The normalized spacial score (nSPS) is 10.4. The highest BCUT2D eigenvalue weighted by Gasteiger charge is 2.16. The summed E-state index contributed by atoms with van der Waals surface area (Å²) < 4.78 is 1.41. The molecule has 2 rings (SSSR count). The van der Waals surface area contributed by atoms with Crippen LogP contribution in [0.3, 0.4) is 0 Å². The maximum absolute atomic E-state index is 10.9. The van der Waals surface area contributed by atoms with E-state index < -0.39 is 0 Å². The third kappa shape index (κ3) is 1.69. The minimum absolute atomic E-state index is 0.271. The topological polar surface area (TPSA) is 60.7 Å². The highest BCUT2D eigenvalue weighted by molar-refractivity contribution is 6.32. The van der Waals surface area contributed by atoms with Crippen LogP contribution < -0.4 is 0 Å². The molecule has 0 aliphatic heterocycles. The first-order valence-corrected chi connectivity index (χ1v) is 5.16. The summed E-state index contributed by atoms with van der Waals surface area (Å²) in [5, 5.41) is 12.1. The molecular formula is C10H9ClN4O. The highest BCUT2D eigenvalue weighted by Crippen LogP contribution is 2.21. The number of nitrogens with zero attached hydrogens (tertiary/aromatic N) is 4. The lowest BCUT2D eigenvalue weighted by Gasteiger charge is -1.99. The molecule has 2 aromatic rings. The lowest BCUT2D eigenvalue weighted by molar-refractivity contribution is 0.112. The van der Waals surface area contributed by atoms with Gasteiger partial charge in [0, 0.05) is 6.20 Å². The smallest absolute Gasteiger partial charge is 0.177 e. The summed E-state index contributed by atoms with van der Waals surface area (Å²) in [6.07, 6.45) is 2.91. The van der Waals surface area contributed by atoms with Crippen molar-refractivity contribution in [2.24, 2.45) is 0 Å². The molecule has 0 atom stereocenters. The number of hydrogen-bond acceptors (Lipinski definition) is 4. The van der Waals surface area contributed by atoms with Crippen molar-refractivity contribution in [3.63, 3.8) is 0 Å². The molecule has 0 unspecified atom stereocenters. The molecule has 0 fully saturated rings. The highest BCUT2D eigenvalue weighted by atomic mass is 35.5. The second kappa shape index (κ2) is 4.40. The molecule has 5 nitrogen and oxygen atoms in total. The predicted molar refractivity (Wildman–Crippen MR) is 58.9 cm³/mol. The molecule has 0 aliphatic rings. The largest absolute Gasteiger partial charge is 0.298 e. The fourth-order valence-corrected chi connectivity index (χ4v) is 1.67. The van der Waals surface area contributed by atoms with Gasteiger partial charge >= 0.3 is 0 Å². The summed E-state index contributed by atoms with van der Waals surface area (Å²) in [4.78, 5) is 10.9. The first kappa shape index (κ1) is 10.8. The third-order valence-corrected chi connectivity index (χ3v) is 2.53. The number of carbonyl (C=O) groups excluding carboxylic acids is 1. The Balaban J connectivity index is 2.59. The predicted octanol–water partition coefficient (Wildman–Crippen LogP) is 1.69. The van der Waals surface area contributed by atoms with Crippen molar-refractivity contribution in [2.75, 3.05) is 0 Å². The van der Waals surface area contributed by atoms with Gasteiger partial charge in [-0.25, -0.2) is 4.68 Å². The van der Waals surface area contributed by atoms with E-state index in [0.717, 1.165) is 0 Å². The molecule has 0 spiro atoms. The average molecular weight is 237 g/mol. The quantitative estimate of drug-likeness (QED) is 0.761. The Kier molecular flexibility index (Phi) is 2.96. The van der Waals surface area contributed by atoms with Crippen molar-refractivity contribution in [2.45, 2.75) is 13.3 Å². The molecule has 0 aliphatic carbocycles. The van der Waals surface area contributed by atoms with Crippen LogP contribution in [0.5, 0.6) is 0 Å². The van der Waals surface area contributed by atoms with Crippen LogP contribution in [-0.2, 0) is 6.42 Å². The van der Waals surface area contributed by atoms with E-state index >= 15 is 0 Å². The summed E-state index contributed by atoms with van der Waals surface area (Å²) in [6, 6.07) is 3.45. The third-order valence-electron chi connectivity index (χ3n) is 2.17. The summed E-state index contributed by atoms with van der Waals surface area (Å²) in [6.45, 7) is 1.91. The Morgan fingerprint density at radius 2 is 2.38 bits per heavy atom. The van der Waals surface area contributed by atoms with Gasteiger partial charge in [0.15, 0.2) is 12.1 Å². The van der Waals surface area contributed by atoms with Crippen molar-refractivity contribution < 1.29 is 4.79 Å². The van der Waals surface area contributed by atoms with E-state index in [1.807, 2.05) is 6.92 Å². The molecule has 2 heterocycles. The number of aldehydes is 1. The lowest BCUT2D eigenvalue weighted by Crippen LogP contribution is -2.00. The van der Waals surface area contributed by atoms with E-state index in [9.17, 15) is 4.79 Å². The van der Waals surface area contributed by atoms with E-state index in [0.29, 0.717) is 29.8 Å². The van der Waals surface area contributed by atoms with Gasteiger partial charge in [0.1, 0.15) is 5.15 Å². The second-order valence-electron chi connectivity index (χ2n) is 3.12. The standard InChI is InChI=1S/C10H9ClN4O/c1-2-8-7(6-16)10(11)15(14-8)9-4-3-5-12-13-9/h3-6H,2H2,1H3. The van der Waals surface area contributed by atoms with Crippen molar-refractivity contribution in [1.82, 2.24) is 20.0 Å². The maximum atomic E-state index is 10.9. The monoisotopic (exact) mass is 236 g/mol. The first-order chi connectivity index (χ1) is 7.77. The molecule has 0 aromatic carbocycles. The molecule has 82 valence electrons. The van der Waals surface area contributed by atoms with Gasteiger partial charge in [-0.2, -0.15) is 10.2 Å². The molecule has 0 bridgehead atoms. The Bertz CT molecular complexity index is 509. The number of aromatic nitrogens is 4. The fraction of sp³-hybridized carbons (Fsp3) is 0.200. The molecule has 0 saturated heterocycles. The van der Waals surface area contributed by atoms with E-state index in [1.165, 1.54) is 4.68 Å². The zero-order chi connectivity index (χ0) is 11.5. The van der Waals surface area contributed by atoms with Crippen LogP contribution in [0, 0.1) is 0 Å². The maximum Gasteiger partial charge on any atom is 0.177 e. The van der Waals surface area contributed by atoms with Gasteiger partial charge in [0.2, 0.25) is 0 Å². The molecule has 0 N–H and O–H groups in total. The Morgan fingerprint density at radius 1 is 1.56 bits per heavy atom. The molecule has 0 radical (unpaired) electrons. The van der Waals surface area contributed by atoms with Crippen LogP contribution in [0.4, 0.5) is 0 Å². The van der Waals surface area contributed by atoms with E-state index in [-0.39, 0.29) is 5.15 Å². The van der Waals surface area contributed by atoms with Gasteiger partial charge in [-0.15, -0.1) is 5.10 Å². The lowest BCUT2D eigenvalue weighted by atomic mass is 10.2. The summed E-state index contributed by atoms with van der Waals surface area (Å²) in [7, 11) is 0. The molecule has 0 saturated carbocycles. The van der Waals surface area contributed by atoms with Gasteiger partial charge in [-0.05, 0) is 18.6 Å². The van der Waals surface area contributed by atoms with E-state index in [4.69, 9.17) is 11.6 Å². The number of carbonyl (C=O) groups is 1. The van der Waals surface area contributed by atoms with Gasteiger partial charge in [-0.1, -0.05) is 18.5 Å². The Morgan fingerprint density at radius 3 is 2.88 bits per heavy atom. The van der Waals surface area contributed by atoms with Crippen molar-refractivity contribution >= 4 is 17.9 Å². The average Bonchev–Trinajstić information content (AvgIpc) is 2.66. The summed E-state index contributed by atoms with van der Waals surface area (Å²) >= 11 is 6.04. The number of halogens is 1. The van der Waals surface area contributed by atoms with Gasteiger partial charge < -0.3 is 0 Å². The van der Waals surface area contributed by atoms with Crippen molar-refractivity contribution in [3.8, 4) is 5.82 Å². The van der Waals surface area contributed by atoms with E-state index in [1.54, 1.807) is 18.3 Å². The molecule has 0 amide bonds. The van der Waals surface area contributed by atoms with Gasteiger partial charge in [0.25, 0.3) is 0 Å². The minimum Gasteiger partial charge on any atom is -0.298 e. The second-order valence-corrected chi connectivity index (χ2v) is 3.47. The van der Waals surface area contributed by atoms with Crippen LogP contribution in [0.2, 0.25) is 5.15 Å². The molecule has 6 heteroatoms. The summed E-state index contributed by atoms with van der Waals surface area (Å²) in [5.41, 5.74) is 1.07. The van der Waals surface area contributed by atoms with Crippen LogP contribution in [-0.4, -0.2) is 26.3 Å². The van der Waals surface area contributed by atoms with Crippen LogP contribution >= 0.6 is 11.6 Å². The fourth-order valence-electron chi connectivity index (χ4n) is 1.39. The summed E-state index contributed by atoms with van der Waals surface area (Å²) in [5.74, 6) is 0.496. The van der Waals surface area contributed by atoms with Crippen molar-refractivity contribution in [1.29, 1.82) is 0 Å². The van der Waals surface area contributed by atoms with Crippen LogP contribution in [0.25, 0.3) is 5.82 Å².